The number of benzene rings is 1. The quantitative estimate of drug-likeness (QED) is 0.411. The third kappa shape index (κ3) is 4.90. The first-order chi connectivity index (χ1) is 8.10. The Morgan fingerprint density at radius 3 is 2.59 bits per heavy atom. The van der Waals surface area contributed by atoms with Gasteiger partial charge in [0.15, 0.2) is 0 Å². The van der Waals surface area contributed by atoms with E-state index in [0.29, 0.717) is 0 Å². The highest BCUT2D eigenvalue weighted by atomic mass is 35.7. The zero-order valence-electron chi connectivity index (χ0n) is 10.5. The summed E-state index contributed by atoms with van der Waals surface area (Å²) in [7, 11) is 1.66. The van der Waals surface area contributed by atoms with Crippen molar-refractivity contribution in [3.8, 4) is 5.75 Å². The number of methoxy groups -OCH3 is 1. The van der Waals surface area contributed by atoms with Crippen LogP contribution in [0.15, 0.2) is 24.3 Å². The summed E-state index contributed by atoms with van der Waals surface area (Å²) >= 11 is 13.0. The van der Waals surface area contributed by atoms with Crippen LogP contribution in [0.5, 0.6) is 5.75 Å². The summed E-state index contributed by atoms with van der Waals surface area (Å²) < 4.78 is 5.20. The van der Waals surface area contributed by atoms with E-state index in [2.05, 4.69) is 6.92 Å². The Balaban J connectivity index is 2.61. The lowest BCUT2D eigenvalue weighted by molar-refractivity contribution is 0.415. The molecule has 0 amide bonds. The highest BCUT2D eigenvalue weighted by molar-refractivity contribution is 7.51. The van der Waals surface area contributed by atoms with Gasteiger partial charge in [-0.15, -0.1) is 22.2 Å². The second-order valence-electron chi connectivity index (χ2n) is 4.25. The van der Waals surface area contributed by atoms with E-state index in [9.17, 15) is 0 Å². The first-order valence-corrected chi connectivity index (χ1v) is 10.4. The van der Waals surface area contributed by atoms with Crippen LogP contribution in [0.2, 0.25) is 6.04 Å². The van der Waals surface area contributed by atoms with Gasteiger partial charge in [-0.1, -0.05) is 44.7 Å². The maximum atomic E-state index is 6.52. The second kappa shape index (κ2) is 7.30. The molecule has 0 atom stereocenters. The van der Waals surface area contributed by atoms with Gasteiger partial charge in [0.2, 0.25) is 0 Å². The van der Waals surface area contributed by atoms with Crippen molar-refractivity contribution in [3.63, 3.8) is 0 Å². The van der Waals surface area contributed by atoms with Crippen LogP contribution in [-0.4, -0.2) is 13.8 Å². The lowest BCUT2D eigenvalue weighted by atomic mass is 10.2. The molecule has 1 aromatic rings. The van der Waals surface area contributed by atoms with E-state index >= 15 is 0 Å². The minimum Gasteiger partial charge on any atom is -0.497 e. The maximum Gasteiger partial charge on any atom is 0.280 e. The summed E-state index contributed by atoms with van der Waals surface area (Å²) in [6.07, 6.45) is 4.83. The number of unbranched alkanes of at least 4 members (excludes halogenated alkanes) is 3. The molecule has 0 aliphatic carbocycles. The van der Waals surface area contributed by atoms with E-state index in [1.807, 2.05) is 24.3 Å². The van der Waals surface area contributed by atoms with E-state index in [1.165, 1.54) is 19.3 Å². The van der Waals surface area contributed by atoms with Crippen LogP contribution in [0.4, 0.5) is 0 Å². The van der Waals surface area contributed by atoms with Gasteiger partial charge in [-0.2, -0.15) is 0 Å². The summed E-state index contributed by atoms with van der Waals surface area (Å²) in [5, 5.41) is 1.05. The van der Waals surface area contributed by atoms with Crippen LogP contribution in [0.3, 0.4) is 0 Å². The van der Waals surface area contributed by atoms with Crippen LogP contribution in [0.25, 0.3) is 0 Å². The highest BCUT2D eigenvalue weighted by Crippen LogP contribution is 2.25. The molecule has 1 nitrogen and oxygen atoms in total. The molecule has 0 saturated carbocycles. The fourth-order valence-corrected chi connectivity index (χ4v) is 4.95. The van der Waals surface area contributed by atoms with E-state index in [4.69, 9.17) is 26.9 Å². The number of ether oxygens (including phenoxy) is 1. The van der Waals surface area contributed by atoms with Crippen LogP contribution >= 0.6 is 22.2 Å². The topological polar surface area (TPSA) is 9.23 Å². The fourth-order valence-electron chi connectivity index (χ4n) is 1.77. The summed E-state index contributed by atoms with van der Waals surface area (Å²) in [6, 6.07) is 8.76. The Morgan fingerprint density at radius 1 is 1.18 bits per heavy atom. The van der Waals surface area contributed by atoms with E-state index in [0.717, 1.165) is 23.4 Å². The van der Waals surface area contributed by atoms with Crippen LogP contribution in [-0.2, 0) is 0 Å². The predicted octanol–water partition coefficient (Wildman–Crippen LogP) is 4.40. The number of hydrogen-bond acceptors (Lipinski definition) is 1. The monoisotopic (exact) mass is 290 g/mol. The second-order valence-corrected chi connectivity index (χ2v) is 11.2. The Bertz CT molecular complexity index is 342. The van der Waals surface area contributed by atoms with E-state index in [1.54, 1.807) is 7.11 Å². The molecule has 0 unspecified atom stereocenters. The molecule has 0 aliphatic heterocycles. The van der Waals surface area contributed by atoms with Crippen molar-refractivity contribution < 1.29 is 4.74 Å². The average Bonchev–Trinajstić information content (AvgIpc) is 2.35. The van der Waals surface area contributed by atoms with Crippen molar-refractivity contribution in [1.82, 2.24) is 0 Å². The first-order valence-electron chi connectivity index (χ1n) is 6.12. The molecule has 1 aromatic carbocycles. The van der Waals surface area contributed by atoms with Crippen molar-refractivity contribution in [2.45, 2.75) is 38.7 Å². The molecule has 0 saturated heterocycles. The van der Waals surface area contributed by atoms with Crippen LogP contribution in [0.1, 0.15) is 32.6 Å². The molecule has 0 aromatic heterocycles. The zero-order valence-corrected chi connectivity index (χ0v) is 13.0. The van der Waals surface area contributed by atoms with Crippen molar-refractivity contribution >= 4 is 34.0 Å². The van der Waals surface area contributed by atoms with Gasteiger partial charge < -0.3 is 4.74 Å². The molecular formula is C13H20Cl2OSi. The standard InChI is InChI=1S/C13H20Cl2OSi/c1-3-4-5-6-10-17(14,15)13-9-7-8-12(11-13)16-2/h7-9,11H,3-6,10H2,1-2H3. The van der Waals surface area contributed by atoms with Gasteiger partial charge in [0.1, 0.15) is 5.75 Å². The summed E-state index contributed by atoms with van der Waals surface area (Å²) in [5.74, 6) is 0.828. The van der Waals surface area contributed by atoms with E-state index < -0.39 is 6.69 Å². The van der Waals surface area contributed by atoms with Gasteiger partial charge in [0, 0.05) is 0 Å². The predicted molar refractivity (Wildman–Crippen MR) is 79.0 cm³/mol. The molecule has 0 N–H and O–H groups in total. The normalized spacial score (nSPS) is 11.5. The van der Waals surface area contributed by atoms with Gasteiger partial charge in [-0.3, -0.25) is 0 Å². The Morgan fingerprint density at radius 2 is 1.94 bits per heavy atom. The van der Waals surface area contributed by atoms with E-state index in [-0.39, 0.29) is 0 Å². The molecule has 0 fully saturated rings. The van der Waals surface area contributed by atoms with Gasteiger partial charge >= 0.3 is 0 Å². The van der Waals surface area contributed by atoms with Crippen LogP contribution < -0.4 is 9.92 Å². The lowest BCUT2D eigenvalue weighted by Gasteiger charge is -2.17. The number of halogens is 2. The lowest BCUT2D eigenvalue weighted by Crippen LogP contribution is -2.36. The molecule has 96 valence electrons. The molecule has 1 rings (SSSR count). The van der Waals surface area contributed by atoms with Crippen molar-refractivity contribution in [2.75, 3.05) is 7.11 Å². The minimum atomic E-state index is -2.31. The molecule has 4 heteroatoms. The average molecular weight is 291 g/mol. The summed E-state index contributed by atoms with van der Waals surface area (Å²) in [5.41, 5.74) is 0. The third-order valence-corrected chi connectivity index (χ3v) is 7.42. The van der Waals surface area contributed by atoms with Gasteiger partial charge in [-0.05, 0) is 23.4 Å². The number of rotatable bonds is 7. The zero-order chi connectivity index (χ0) is 12.7. The molecular weight excluding hydrogens is 271 g/mol. The van der Waals surface area contributed by atoms with Crippen molar-refractivity contribution in [2.24, 2.45) is 0 Å². The molecule has 0 radical (unpaired) electrons. The smallest absolute Gasteiger partial charge is 0.280 e. The fraction of sp³-hybridized carbons (Fsp3) is 0.538. The van der Waals surface area contributed by atoms with Gasteiger partial charge in [0.25, 0.3) is 6.69 Å². The highest BCUT2D eigenvalue weighted by Gasteiger charge is 2.30. The van der Waals surface area contributed by atoms with Gasteiger partial charge in [0.05, 0.1) is 7.11 Å². The number of hydrogen-bond donors (Lipinski definition) is 0. The molecule has 0 bridgehead atoms. The third-order valence-electron chi connectivity index (χ3n) is 2.84. The molecule has 0 heterocycles. The Labute approximate surface area is 114 Å². The van der Waals surface area contributed by atoms with Crippen molar-refractivity contribution in [3.05, 3.63) is 24.3 Å². The molecule has 0 spiro atoms. The molecule has 17 heavy (non-hydrogen) atoms. The van der Waals surface area contributed by atoms with Crippen molar-refractivity contribution in [1.29, 1.82) is 0 Å². The van der Waals surface area contributed by atoms with Gasteiger partial charge in [-0.25, -0.2) is 0 Å². The summed E-state index contributed by atoms with van der Waals surface area (Å²) in [6.45, 7) is -0.110. The largest absolute Gasteiger partial charge is 0.497 e. The first kappa shape index (κ1) is 14.9. The molecule has 0 aliphatic rings. The van der Waals surface area contributed by atoms with Crippen LogP contribution in [0, 0.1) is 0 Å². The summed E-state index contributed by atoms with van der Waals surface area (Å²) in [4.78, 5) is 0. The maximum absolute atomic E-state index is 6.52. The minimum absolute atomic E-state index is 0.828. The Kier molecular flexibility index (Phi) is 6.38. The SMILES string of the molecule is CCCCCC[Si](Cl)(Cl)c1cccc(OC)c1. The Hall–Kier alpha value is -0.183.